The van der Waals surface area contributed by atoms with Crippen molar-refractivity contribution in [3.05, 3.63) is 23.0 Å². The molecule has 0 radical (unpaired) electrons. The molecule has 3 aliphatic rings. The number of hydrogen-bond acceptors (Lipinski definition) is 5. The van der Waals surface area contributed by atoms with Crippen LogP contribution in [0.25, 0.3) is 0 Å². The van der Waals surface area contributed by atoms with Crippen LogP contribution in [0, 0.1) is 5.92 Å². The van der Waals surface area contributed by atoms with E-state index in [-0.39, 0.29) is 5.92 Å². The first kappa shape index (κ1) is 11.5. The Morgan fingerprint density at radius 2 is 2.39 bits per heavy atom. The Balaban J connectivity index is 1.87. The van der Waals surface area contributed by atoms with Crippen LogP contribution in [0.3, 0.4) is 0 Å². The van der Waals surface area contributed by atoms with Crippen molar-refractivity contribution in [3.63, 3.8) is 0 Å². The van der Waals surface area contributed by atoms with Crippen molar-refractivity contribution >= 4 is 29.1 Å². The van der Waals surface area contributed by atoms with Crippen molar-refractivity contribution in [2.24, 2.45) is 20.9 Å². The lowest BCUT2D eigenvalue weighted by atomic mass is 9.95. The van der Waals surface area contributed by atoms with Crippen LogP contribution in [0.15, 0.2) is 38.0 Å². The number of nitrogens with one attached hydrogen (secondary N) is 2. The summed E-state index contributed by atoms with van der Waals surface area (Å²) >= 11 is 6.05. The van der Waals surface area contributed by atoms with Crippen molar-refractivity contribution in [2.75, 3.05) is 13.6 Å². The van der Waals surface area contributed by atoms with Gasteiger partial charge in [0.05, 0.1) is 5.92 Å². The van der Waals surface area contributed by atoms with Gasteiger partial charge in [-0.05, 0) is 6.42 Å². The Bertz CT molecular complexity index is 527. The lowest BCUT2D eigenvalue weighted by Crippen LogP contribution is -2.27. The van der Waals surface area contributed by atoms with Gasteiger partial charge >= 0.3 is 0 Å². The summed E-state index contributed by atoms with van der Waals surface area (Å²) in [6, 6.07) is 0. The van der Waals surface area contributed by atoms with Gasteiger partial charge in [0.1, 0.15) is 11.7 Å². The summed E-state index contributed by atoms with van der Waals surface area (Å²) in [5, 5.41) is 7.04. The fourth-order valence-corrected chi connectivity index (χ4v) is 2.47. The standard InChI is InChI=1S/C12H14ClN5/c1-14-10-2-3-15-12(18-10)9-6-17-11-8(9)4-7(13)5-16-11/h5-6,8H,2-4H2,1H3,(H,16,17)(H,14,15,18). The second-order valence-electron chi connectivity index (χ2n) is 4.35. The quantitative estimate of drug-likeness (QED) is 0.751. The Labute approximate surface area is 110 Å². The fraction of sp³-hybridized carbons (Fsp3) is 0.417. The van der Waals surface area contributed by atoms with Crippen LogP contribution in [0.4, 0.5) is 0 Å². The molecular formula is C12H14ClN5. The number of fused-ring (bicyclic) bond motifs is 1. The second kappa shape index (κ2) is 4.57. The third-order valence-corrected chi connectivity index (χ3v) is 3.47. The van der Waals surface area contributed by atoms with Crippen molar-refractivity contribution in [3.8, 4) is 0 Å². The summed E-state index contributed by atoms with van der Waals surface area (Å²) < 4.78 is 0. The normalized spacial score (nSPS) is 26.1. The minimum absolute atomic E-state index is 0.168. The van der Waals surface area contributed by atoms with Gasteiger partial charge in [-0.15, -0.1) is 0 Å². The summed E-state index contributed by atoms with van der Waals surface area (Å²) in [6.45, 7) is 0.773. The van der Waals surface area contributed by atoms with Gasteiger partial charge in [-0.1, -0.05) is 11.6 Å². The molecule has 0 aliphatic carbocycles. The van der Waals surface area contributed by atoms with E-state index in [1.807, 2.05) is 13.2 Å². The topological polar surface area (TPSA) is 61.1 Å². The Kier molecular flexibility index (Phi) is 2.91. The number of halogens is 1. The first-order chi connectivity index (χ1) is 8.78. The molecule has 5 nitrogen and oxygen atoms in total. The monoisotopic (exact) mass is 263 g/mol. The van der Waals surface area contributed by atoms with E-state index >= 15 is 0 Å². The molecule has 0 amide bonds. The Morgan fingerprint density at radius 3 is 3.22 bits per heavy atom. The van der Waals surface area contributed by atoms with Crippen LogP contribution in [0.2, 0.25) is 0 Å². The lowest BCUT2D eigenvalue weighted by Gasteiger charge is -2.19. The maximum absolute atomic E-state index is 6.05. The summed E-state index contributed by atoms with van der Waals surface area (Å²) in [5.41, 5.74) is 1.08. The van der Waals surface area contributed by atoms with E-state index in [1.54, 1.807) is 6.20 Å². The molecule has 0 bridgehead atoms. The molecule has 0 spiro atoms. The van der Waals surface area contributed by atoms with Gasteiger partial charge in [0, 0.05) is 43.0 Å². The van der Waals surface area contributed by atoms with Crippen molar-refractivity contribution < 1.29 is 0 Å². The molecule has 1 atom stereocenters. The third-order valence-electron chi connectivity index (χ3n) is 3.22. The summed E-state index contributed by atoms with van der Waals surface area (Å²) in [7, 11) is 1.89. The van der Waals surface area contributed by atoms with Crippen molar-refractivity contribution in [1.29, 1.82) is 0 Å². The average molecular weight is 264 g/mol. The van der Waals surface area contributed by atoms with Crippen molar-refractivity contribution in [2.45, 2.75) is 12.8 Å². The molecule has 6 heteroatoms. The van der Waals surface area contributed by atoms with Gasteiger partial charge in [0.25, 0.3) is 0 Å². The molecular weight excluding hydrogens is 250 g/mol. The van der Waals surface area contributed by atoms with Crippen LogP contribution in [-0.4, -0.2) is 31.1 Å². The zero-order valence-electron chi connectivity index (χ0n) is 10.1. The molecule has 18 heavy (non-hydrogen) atoms. The SMILES string of the molecule is CNC1=NC(C2=CNC3=NC=C(Cl)CC23)=NCC1. The third kappa shape index (κ3) is 1.95. The molecule has 3 rings (SSSR count). The largest absolute Gasteiger partial charge is 0.376 e. The van der Waals surface area contributed by atoms with E-state index in [0.29, 0.717) is 0 Å². The van der Waals surface area contributed by atoms with E-state index in [9.17, 15) is 0 Å². The molecule has 0 fully saturated rings. The van der Waals surface area contributed by atoms with Gasteiger partial charge in [-0.3, -0.25) is 4.99 Å². The van der Waals surface area contributed by atoms with Crippen LogP contribution in [-0.2, 0) is 0 Å². The fourth-order valence-electron chi connectivity index (χ4n) is 2.27. The maximum atomic E-state index is 6.05. The zero-order valence-corrected chi connectivity index (χ0v) is 10.8. The predicted molar refractivity (Wildman–Crippen MR) is 74.1 cm³/mol. The number of allylic oxidation sites excluding steroid dienone is 1. The summed E-state index contributed by atoms with van der Waals surface area (Å²) in [4.78, 5) is 13.3. The molecule has 0 saturated carbocycles. The van der Waals surface area contributed by atoms with Gasteiger partial charge in [-0.25, -0.2) is 9.98 Å². The Morgan fingerprint density at radius 1 is 1.50 bits per heavy atom. The molecule has 2 N–H and O–H groups in total. The maximum Gasteiger partial charge on any atom is 0.154 e. The molecule has 1 unspecified atom stereocenters. The first-order valence-corrected chi connectivity index (χ1v) is 6.34. The van der Waals surface area contributed by atoms with Crippen LogP contribution < -0.4 is 10.6 Å². The van der Waals surface area contributed by atoms with Gasteiger partial charge in [0.2, 0.25) is 0 Å². The van der Waals surface area contributed by atoms with E-state index < -0.39 is 0 Å². The van der Waals surface area contributed by atoms with E-state index in [2.05, 4.69) is 25.6 Å². The van der Waals surface area contributed by atoms with E-state index in [1.165, 1.54) is 0 Å². The number of amidine groups is 3. The summed E-state index contributed by atoms with van der Waals surface area (Å²) in [6.07, 6.45) is 5.27. The van der Waals surface area contributed by atoms with E-state index in [4.69, 9.17) is 11.6 Å². The molecule has 0 saturated heterocycles. The second-order valence-corrected chi connectivity index (χ2v) is 4.84. The highest BCUT2D eigenvalue weighted by Crippen LogP contribution is 2.31. The van der Waals surface area contributed by atoms with E-state index in [0.717, 1.165) is 47.5 Å². The molecule has 3 heterocycles. The number of aliphatic imine (C=N–C) groups is 3. The summed E-state index contributed by atoms with van der Waals surface area (Å²) in [5.74, 6) is 2.87. The highest BCUT2D eigenvalue weighted by molar-refractivity contribution is 6.30. The van der Waals surface area contributed by atoms with Crippen LogP contribution in [0.5, 0.6) is 0 Å². The van der Waals surface area contributed by atoms with Crippen LogP contribution >= 0.6 is 11.6 Å². The number of rotatable bonds is 1. The first-order valence-electron chi connectivity index (χ1n) is 5.97. The number of nitrogens with zero attached hydrogens (tertiary/aromatic N) is 3. The molecule has 3 aliphatic heterocycles. The zero-order chi connectivity index (χ0) is 12.5. The molecule has 0 aromatic carbocycles. The minimum atomic E-state index is 0.168. The lowest BCUT2D eigenvalue weighted by molar-refractivity contribution is 0.823. The average Bonchev–Trinajstić information content (AvgIpc) is 2.81. The highest BCUT2D eigenvalue weighted by atomic mass is 35.5. The van der Waals surface area contributed by atoms with Gasteiger partial charge < -0.3 is 10.6 Å². The van der Waals surface area contributed by atoms with Crippen LogP contribution in [0.1, 0.15) is 12.8 Å². The number of hydrogen-bond donors (Lipinski definition) is 2. The molecule has 0 aromatic rings. The van der Waals surface area contributed by atoms with Gasteiger partial charge in [0.15, 0.2) is 5.84 Å². The van der Waals surface area contributed by atoms with Gasteiger partial charge in [-0.2, -0.15) is 0 Å². The van der Waals surface area contributed by atoms with Crippen molar-refractivity contribution in [1.82, 2.24) is 10.6 Å². The minimum Gasteiger partial charge on any atom is -0.376 e. The predicted octanol–water partition coefficient (Wildman–Crippen LogP) is 1.39. The molecule has 0 aromatic heterocycles. The Hall–Kier alpha value is -1.62. The molecule has 94 valence electrons. The highest BCUT2D eigenvalue weighted by Gasteiger charge is 2.32. The smallest absolute Gasteiger partial charge is 0.154 e.